The molecule has 3 atom stereocenters. The molecule has 1 saturated carbocycles. The van der Waals surface area contributed by atoms with E-state index >= 15 is 0 Å². The van der Waals surface area contributed by atoms with Crippen molar-refractivity contribution in [2.45, 2.75) is 64.2 Å². The molecule has 6 heteroatoms. The second-order valence-corrected chi connectivity index (χ2v) is 7.33. The van der Waals surface area contributed by atoms with E-state index < -0.39 is 6.10 Å². The minimum atomic E-state index is -0.620. The quantitative estimate of drug-likeness (QED) is 0.861. The Hall–Kier alpha value is -0.980. The third-order valence-corrected chi connectivity index (χ3v) is 5.59. The maximum Gasteiger partial charge on any atom is 0.227 e. The molecule has 1 N–H and O–H groups in total. The predicted molar refractivity (Wildman–Crippen MR) is 87.1 cm³/mol. The summed E-state index contributed by atoms with van der Waals surface area (Å²) in [5.74, 6) is 0.0348. The van der Waals surface area contributed by atoms with Crippen molar-refractivity contribution in [1.82, 2.24) is 9.88 Å². The van der Waals surface area contributed by atoms with Gasteiger partial charge in [0.25, 0.3) is 0 Å². The molecule has 22 heavy (non-hydrogen) atoms. The summed E-state index contributed by atoms with van der Waals surface area (Å²) in [6.45, 7) is 3.89. The fourth-order valence-corrected chi connectivity index (χ4v) is 4.08. The second-order valence-electron chi connectivity index (χ2n) is 6.04. The van der Waals surface area contributed by atoms with E-state index in [0.717, 1.165) is 41.3 Å². The first-order valence-electron chi connectivity index (χ1n) is 7.83. The number of nitrogens with zero attached hydrogens (tertiary/aromatic N) is 2. The third-order valence-electron chi connectivity index (χ3n) is 4.52. The third kappa shape index (κ3) is 3.86. The highest BCUT2D eigenvalue weighted by Crippen LogP contribution is 2.25. The highest BCUT2D eigenvalue weighted by molar-refractivity contribution is 7.11. The van der Waals surface area contributed by atoms with Crippen LogP contribution in [0.4, 0.5) is 0 Å². The SMILES string of the molecule is CO[C@@H]1CCCC[C@@H](N(C)C(=O)Cc2sc(C)nc2C)[C@H]1O. The predicted octanol–water partition coefficient (Wildman–Crippen LogP) is 2.08. The van der Waals surface area contributed by atoms with Crippen molar-refractivity contribution in [2.24, 2.45) is 0 Å². The van der Waals surface area contributed by atoms with E-state index in [1.54, 1.807) is 30.4 Å². The summed E-state index contributed by atoms with van der Waals surface area (Å²) in [4.78, 5) is 19.7. The standard InChI is InChI=1S/C16H26N2O3S/c1-10-14(22-11(2)17-10)9-15(19)18(3)12-7-5-6-8-13(21-4)16(12)20/h12-13,16,20H,5-9H2,1-4H3/t12-,13-,16-/m1/s1. The van der Waals surface area contributed by atoms with Crippen LogP contribution in [-0.4, -0.2) is 53.3 Å². The summed E-state index contributed by atoms with van der Waals surface area (Å²) < 4.78 is 5.39. The summed E-state index contributed by atoms with van der Waals surface area (Å²) in [6.07, 6.45) is 3.27. The Bertz CT molecular complexity index is 517. The summed E-state index contributed by atoms with van der Waals surface area (Å²) in [5.41, 5.74) is 0.931. The molecule has 2 rings (SSSR count). The van der Waals surface area contributed by atoms with E-state index in [2.05, 4.69) is 4.98 Å². The van der Waals surface area contributed by atoms with Gasteiger partial charge in [0.2, 0.25) is 5.91 Å². The Labute approximate surface area is 136 Å². The molecule has 0 radical (unpaired) electrons. The largest absolute Gasteiger partial charge is 0.388 e. The normalized spacial score (nSPS) is 25.8. The van der Waals surface area contributed by atoms with Crippen LogP contribution >= 0.6 is 11.3 Å². The van der Waals surface area contributed by atoms with E-state index in [4.69, 9.17) is 4.74 Å². The van der Waals surface area contributed by atoms with Gasteiger partial charge in [0, 0.05) is 19.0 Å². The lowest BCUT2D eigenvalue weighted by Gasteiger charge is -2.33. The number of hydrogen-bond donors (Lipinski definition) is 1. The van der Waals surface area contributed by atoms with Crippen molar-refractivity contribution in [3.8, 4) is 0 Å². The molecule has 1 aromatic rings. The van der Waals surface area contributed by atoms with Gasteiger partial charge in [0.15, 0.2) is 0 Å². The van der Waals surface area contributed by atoms with Crippen molar-refractivity contribution in [3.05, 3.63) is 15.6 Å². The van der Waals surface area contributed by atoms with E-state index in [9.17, 15) is 9.90 Å². The fourth-order valence-electron chi connectivity index (χ4n) is 3.15. The number of aryl methyl sites for hydroxylation is 2. The van der Waals surface area contributed by atoms with Crippen LogP contribution in [0.2, 0.25) is 0 Å². The van der Waals surface area contributed by atoms with Crippen LogP contribution < -0.4 is 0 Å². The fraction of sp³-hybridized carbons (Fsp3) is 0.750. The molecule has 5 nitrogen and oxygen atoms in total. The minimum Gasteiger partial charge on any atom is -0.388 e. The van der Waals surface area contributed by atoms with Crippen LogP contribution in [0.3, 0.4) is 0 Å². The lowest BCUT2D eigenvalue weighted by Crippen LogP contribution is -2.49. The number of hydrogen-bond acceptors (Lipinski definition) is 5. The molecular weight excluding hydrogens is 300 g/mol. The van der Waals surface area contributed by atoms with Crippen LogP contribution in [0.25, 0.3) is 0 Å². The molecule has 0 unspecified atom stereocenters. The van der Waals surface area contributed by atoms with Gasteiger partial charge in [-0.3, -0.25) is 4.79 Å². The van der Waals surface area contributed by atoms with Crippen LogP contribution in [0.5, 0.6) is 0 Å². The number of ether oxygens (including phenoxy) is 1. The first-order chi connectivity index (χ1) is 10.4. The Balaban J connectivity index is 2.06. The monoisotopic (exact) mass is 326 g/mol. The lowest BCUT2D eigenvalue weighted by molar-refractivity contribution is -0.136. The van der Waals surface area contributed by atoms with E-state index in [1.807, 2.05) is 13.8 Å². The van der Waals surface area contributed by atoms with Gasteiger partial charge in [0.1, 0.15) is 6.10 Å². The topological polar surface area (TPSA) is 62.7 Å². The zero-order valence-electron chi connectivity index (χ0n) is 13.8. The number of aliphatic hydroxyl groups excluding tert-OH is 1. The summed E-state index contributed by atoms with van der Waals surface area (Å²) in [7, 11) is 3.42. The molecule has 1 amide bonds. The van der Waals surface area contributed by atoms with Crippen molar-refractivity contribution in [2.75, 3.05) is 14.2 Å². The molecule has 0 bridgehead atoms. The molecule has 1 aliphatic rings. The number of carbonyl (C=O) groups is 1. The number of thiazole rings is 1. The molecule has 0 aromatic carbocycles. The smallest absolute Gasteiger partial charge is 0.227 e. The van der Waals surface area contributed by atoms with Crippen LogP contribution in [0, 0.1) is 13.8 Å². The van der Waals surface area contributed by atoms with Crippen molar-refractivity contribution in [1.29, 1.82) is 0 Å². The van der Waals surface area contributed by atoms with Gasteiger partial charge in [-0.05, 0) is 26.7 Å². The van der Waals surface area contributed by atoms with Gasteiger partial charge in [-0.2, -0.15) is 0 Å². The maximum absolute atomic E-state index is 12.6. The molecule has 124 valence electrons. The Morgan fingerprint density at radius 2 is 2.09 bits per heavy atom. The molecule has 0 spiro atoms. The van der Waals surface area contributed by atoms with Crippen LogP contribution in [0.1, 0.15) is 41.3 Å². The van der Waals surface area contributed by atoms with E-state index in [1.165, 1.54) is 0 Å². The van der Waals surface area contributed by atoms with Gasteiger partial charge in [0.05, 0.1) is 29.3 Å². The van der Waals surface area contributed by atoms with Gasteiger partial charge >= 0.3 is 0 Å². The summed E-state index contributed by atoms with van der Waals surface area (Å²) in [6, 6.07) is -0.172. The number of methoxy groups -OCH3 is 1. The molecule has 1 aliphatic carbocycles. The number of amides is 1. The number of rotatable bonds is 4. The molecule has 1 fully saturated rings. The van der Waals surface area contributed by atoms with E-state index in [0.29, 0.717) is 6.42 Å². The van der Waals surface area contributed by atoms with Crippen LogP contribution in [-0.2, 0) is 16.0 Å². The average molecular weight is 326 g/mol. The van der Waals surface area contributed by atoms with Gasteiger partial charge < -0.3 is 14.7 Å². The lowest BCUT2D eigenvalue weighted by atomic mass is 10.0. The molecule has 0 aliphatic heterocycles. The Morgan fingerprint density at radius 3 is 2.68 bits per heavy atom. The van der Waals surface area contributed by atoms with E-state index in [-0.39, 0.29) is 18.1 Å². The summed E-state index contributed by atoms with van der Waals surface area (Å²) >= 11 is 1.57. The highest BCUT2D eigenvalue weighted by Gasteiger charge is 2.34. The molecule has 0 saturated heterocycles. The molecule has 1 heterocycles. The Kier molecular flexibility index (Phi) is 5.94. The van der Waals surface area contributed by atoms with Crippen molar-refractivity contribution >= 4 is 17.2 Å². The summed E-state index contributed by atoms with van der Waals surface area (Å²) in [5, 5.41) is 11.5. The zero-order valence-corrected chi connectivity index (χ0v) is 14.7. The van der Waals surface area contributed by atoms with Gasteiger partial charge in [-0.15, -0.1) is 11.3 Å². The van der Waals surface area contributed by atoms with Gasteiger partial charge in [-0.1, -0.05) is 12.8 Å². The van der Waals surface area contributed by atoms with Crippen molar-refractivity contribution in [3.63, 3.8) is 0 Å². The Morgan fingerprint density at radius 1 is 1.41 bits per heavy atom. The first-order valence-corrected chi connectivity index (χ1v) is 8.65. The number of likely N-dealkylation sites (N-methyl/N-ethyl adjacent to an activating group) is 1. The number of carbonyl (C=O) groups excluding carboxylic acids is 1. The van der Waals surface area contributed by atoms with Crippen LogP contribution in [0.15, 0.2) is 0 Å². The van der Waals surface area contributed by atoms with Gasteiger partial charge in [-0.25, -0.2) is 4.98 Å². The zero-order chi connectivity index (χ0) is 16.3. The average Bonchev–Trinajstić information content (AvgIpc) is 2.68. The highest BCUT2D eigenvalue weighted by atomic mass is 32.1. The first kappa shape index (κ1) is 17.4. The maximum atomic E-state index is 12.6. The second kappa shape index (κ2) is 7.53. The molecular formula is C16H26N2O3S. The number of aliphatic hydroxyl groups is 1. The molecule has 1 aromatic heterocycles. The minimum absolute atomic E-state index is 0.0348. The number of aromatic nitrogens is 1. The van der Waals surface area contributed by atoms with Crippen molar-refractivity contribution < 1.29 is 14.6 Å².